The van der Waals surface area contributed by atoms with E-state index in [2.05, 4.69) is 30.7 Å². The molecule has 0 aliphatic carbocycles. The zero-order valence-electron chi connectivity index (χ0n) is 21.2. The molecular formula is C22H20ClF6N7O4S. The normalized spacial score (nSPS) is 13.1. The topological polar surface area (TPSA) is 149 Å². The van der Waals surface area contributed by atoms with Gasteiger partial charge in [-0.05, 0) is 26.0 Å². The molecule has 0 radical (unpaired) electrons. The van der Waals surface area contributed by atoms with E-state index in [0.29, 0.717) is 0 Å². The first-order chi connectivity index (χ1) is 18.8. The largest absolute Gasteiger partial charge is 0.453 e. The molecule has 2 N–H and O–H groups in total. The average molecular weight is 628 g/mol. The first-order valence-electron chi connectivity index (χ1n) is 11.3. The van der Waals surface area contributed by atoms with E-state index in [9.17, 15) is 44.3 Å². The summed E-state index contributed by atoms with van der Waals surface area (Å²) in [5.41, 5.74) is -0.486. The number of sulfone groups is 1. The van der Waals surface area contributed by atoms with Crippen LogP contribution in [0.3, 0.4) is 0 Å². The number of hydrogen-bond acceptors (Lipinski definition) is 8. The Morgan fingerprint density at radius 1 is 1.07 bits per heavy atom. The van der Waals surface area contributed by atoms with Gasteiger partial charge in [0.05, 0.1) is 39.5 Å². The van der Waals surface area contributed by atoms with Crippen molar-refractivity contribution in [3.63, 3.8) is 0 Å². The Kier molecular flexibility index (Phi) is 8.97. The van der Waals surface area contributed by atoms with Gasteiger partial charge in [0.1, 0.15) is 22.2 Å². The maximum atomic E-state index is 13.2. The molecule has 0 spiro atoms. The summed E-state index contributed by atoms with van der Waals surface area (Å²) >= 11 is 6.14. The average Bonchev–Trinajstić information content (AvgIpc) is 3.24. The van der Waals surface area contributed by atoms with Gasteiger partial charge >= 0.3 is 12.4 Å². The highest BCUT2D eigenvalue weighted by atomic mass is 35.5. The van der Waals surface area contributed by atoms with Gasteiger partial charge < -0.3 is 10.6 Å². The van der Waals surface area contributed by atoms with Crippen LogP contribution in [0.1, 0.15) is 50.8 Å². The minimum Gasteiger partial charge on any atom is -0.348 e. The number of alkyl halides is 6. The van der Waals surface area contributed by atoms with Gasteiger partial charge in [-0.25, -0.2) is 23.1 Å². The zero-order chi connectivity index (χ0) is 30.9. The lowest BCUT2D eigenvalue weighted by Gasteiger charge is -2.16. The molecule has 0 bridgehead atoms. The van der Waals surface area contributed by atoms with Crippen LogP contribution < -0.4 is 10.6 Å². The Balaban J connectivity index is 1.84. The van der Waals surface area contributed by atoms with Crippen LogP contribution in [0.2, 0.25) is 5.02 Å². The highest BCUT2D eigenvalue weighted by Gasteiger charge is 2.44. The van der Waals surface area contributed by atoms with E-state index < -0.39 is 58.2 Å². The fourth-order valence-corrected chi connectivity index (χ4v) is 4.81. The van der Waals surface area contributed by atoms with Crippen molar-refractivity contribution in [1.82, 2.24) is 30.0 Å². The molecule has 222 valence electrons. The van der Waals surface area contributed by atoms with E-state index in [4.69, 9.17) is 11.6 Å². The Morgan fingerprint density at radius 3 is 2.29 bits per heavy atom. The lowest BCUT2D eigenvalue weighted by Crippen LogP contribution is -2.38. The molecule has 0 fully saturated rings. The van der Waals surface area contributed by atoms with E-state index in [1.54, 1.807) is 0 Å². The number of rotatable bonds is 8. The number of carbonyl (C=O) groups excluding carboxylic acids is 2. The van der Waals surface area contributed by atoms with Gasteiger partial charge in [-0.3, -0.25) is 9.59 Å². The maximum Gasteiger partial charge on any atom is 0.453 e. The number of anilines is 1. The molecule has 2 aromatic heterocycles. The first-order valence-corrected chi connectivity index (χ1v) is 13.7. The van der Waals surface area contributed by atoms with Crippen molar-refractivity contribution in [1.29, 1.82) is 0 Å². The number of amides is 2. The predicted octanol–water partition coefficient (Wildman–Crippen LogP) is 3.53. The molecular weight excluding hydrogens is 608 g/mol. The van der Waals surface area contributed by atoms with Crippen LogP contribution in [0.4, 0.5) is 32.0 Å². The third-order valence-electron chi connectivity index (χ3n) is 5.16. The Bertz CT molecular complexity index is 1590. The van der Waals surface area contributed by atoms with Crippen LogP contribution in [0, 0.1) is 6.92 Å². The molecule has 0 aliphatic heterocycles. The molecule has 3 aromatic rings. The molecule has 0 aliphatic rings. The highest BCUT2D eigenvalue weighted by molar-refractivity contribution is 7.90. The van der Waals surface area contributed by atoms with Crippen molar-refractivity contribution in [2.45, 2.75) is 38.8 Å². The minimum atomic E-state index is -5.25. The Labute approximate surface area is 233 Å². The van der Waals surface area contributed by atoms with Crippen LogP contribution >= 0.6 is 11.6 Å². The molecule has 19 heteroatoms. The molecule has 11 nitrogen and oxygen atoms in total. The first kappa shape index (κ1) is 31.7. The monoisotopic (exact) mass is 627 g/mol. The lowest BCUT2D eigenvalue weighted by molar-refractivity contribution is -0.150. The molecule has 0 saturated carbocycles. The summed E-state index contributed by atoms with van der Waals surface area (Å²) in [5, 5.41) is 7.65. The minimum absolute atomic E-state index is 0.0165. The van der Waals surface area contributed by atoms with Crippen LogP contribution in [0.25, 0.3) is 0 Å². The van der Waals surface area contributed by atoms with Gasteiger partial charge in [-0.15, -0.1) is 5.10 Å². The number of carbonyl (C=O) groups is 2. The van der Waals surface area contributed by atoms with E-state index in [1.807, 2.05) is 0 Å². The van der Waals surface area contributed by atoms with Gasteiger partial charge in [0.25, 0.3) is 17.6 Å². The Morgan fingerprint density at radius 2 is 1.73 bits per heavy atom. The summed E-state index contributed by atoms with van der Waals surface area (Å²) in [5.74, 6) is -6.32. The van der Waals surface area contributed by atoms with Crippen molar-refractivity contribution >= 4 is 38.9 Å². The van der Waals surface area contributed by atoms with E-state index in [1.165, 1.54) is 32.0 Å². The van der Waals surface area contributed by atoms with Gasteiger partial charge in [-0.2, -0.15) is 31.3 Å². The van der Waals surface area contributed by atoms with E-state index in [0.717, 1.165) is 12.5 Å². The number of nitrogens with zero attached hydrogens (tertiary/aromatic N) is 5. The number of aromatic nitrogens is 5. The second-order valence-corrected chi connectivity index (χ2v) is 11.4. The maximum absolute atomic E-state index is 13.2. The fraction of sp³-hybridized carbons (Fsp3) is 0.364. The zero-order valence-corrected chi connectivity index (χ0v) is 22.8. The molecule has 2 heterocycles. The molecule has 1 atom stereocenters. The van der Waals surface area contributed by atoms with Crippen molar-refractivity contribution in [3.8, 4) is 0 Å². The molecule has 0 saturated heterocycles. The SMILES string of the molecule is Cc1nc(Cn2nc(C(F)(F)F)nc2C(F)(F)F)ncc1NC(=O)c1cccc(Cl)c1C(=O)N[C@@H](C)CS(C)(=O)=O. The van der Waals surface area contributed by atoms with Crippen molar-refractivity contribution in [2.24, 2.45) is 0 Å². The van der Waals surface area contributed by atoms with Crippen LogP contribution in [0.5, 0.6) is 0 Å². The third-order valence-corrected chi connectivity index (χ3v) is 6.58. The molecule has 3 rings (SSSR count). The fourth-order valence-electron chi connectivity index (χ4n) is 3.56. The summed E-state index contributed by atoms with van der Waals surface area (Å²) < 4.78 is 101. The van der Waals surface area contributed by atoms with Gasteiger partial charge in [0.2, 0.25) is 5.82 Å². The summed E-state index contributed by atoms with van der Waals surface area (Å²) in [6.07, 6.45) is -8.48. The third kappa shape index (κ3) is 8.12. The van der Waals surface area contributed by atoms with E-state index in [-0.39, 0.29) is 43.8 Å². The summed E-state index contributed by atoms with van der Waals surface area (Å²) in [4.78, 5) is 36.1. The number of nitrogens with one attached hydrogen (secondary N) is 2. The smallest absolute Gasteiger partial charge is 0.348 e. The van der Waals surface area contributed by atoms with Gasteiger partial charge in [-0.1, -0.05) is 17.7 Å². The second-order valence-electron chi connectivity index (χ2n) is 8.78. The Hall–Kier alpha value is -3.80. The molecule has 0 unspecified atom stereocenters. The molecule has 41 heavy (non-hydrogen) atoms. The molecule has 2 amide bonds. The van der Waals surface area contributed by atoms with Crippen LogP contribution in [-0.2, 0) is 28.7 Å². The summed E-state index contributed by atoms with van der Waals surface area (Å²) in [6.45, 7) is 1.86. The standard InChI is InChI=1S/C22H20ClF6N7O4S/c1-10(9-41(3,39)40)31-18(38)16-12(5-4-6-13(16)23)17(37)33-14-7-30-15(32-11(14)2)8-36-20(22(27,28)29)34-19(35-36)21(24,25)26/h4-7,10H,8-9H2,1-3H3,(H,31,38)(H,33,37)/t10-/m0/s1. The molecule has 1 aromatic carbocycles. The predicted molar refractivity (Wildman–Crippen MR) is 132 cm³/mol. The summed E-state index contributed by atoms with van der Waals surface area (Å²) in [7, 11) is -3.43. The number of hydrogen-bond donors (Lipinski definition) is 2. The summed E-state index contributed by atoms with van der Waals surface area (Å²) in [6, 6.07) is 3.17. The lowest BCUT2D eigenvalue weighted by atomic mass is 10.1. The van der Waals surface area contributed by atoms with Crippen LogP contribution in [-0.4, -0.2) is 63.0 Å². The van der Waals surface area contributed by atoms with Crippen molar-refractivity contribution in [2.75, 3.05) is 17.3 Å². The number of benzene rings is 1. The van der Waals surface area contributed by atoms with Crippen molar-refractivity contribution in [3.05, 3.63) is 63.7 Å². The highest BCUT2D eigenvalue weighted by Crippen LogP contribution is 2.32. The van der Waals surface area contributed by atoms with Gasteiger partial charge in [0, 0.05) is 12.3 Å². The number of halogens is 7. The van der Waals surface area contributed by atoms with Crippen molar-refractivity contribution < 1.29 is 44.3 Å². The number of aryl methyl sites for hydroxylation is 1. The van der Waals surface area contributed by atoms with Crippen LogP contribution in [0.15, 0.2) is 24.4 Å². The quantitative estimate of drug-likeness (QED) is 0.360. The second kappa shape index (κ2) is 11.6. The van der Waals surface area contributed by atoms with Gasteiger partial charge in [0.15, 0.2) is 0 Å². The van der Waals surface area contributed by atoms with E-state index >= 15 is 0 Å².